The van der Waals surface area contributed by atoms with Crippen LogP contribution < -0.4 is 4.90 Å². The molecule has 0 aliphatic carbocycles. The number of halogens is 1. The number of thioether (sulfide) groups is 1. The first kappa shape index (κ1) is 13.7. The van der Waals surface area contributed by atoms with Gasteiger partial charge in [-0.1, -0.05) is 6.92 Å². The van der Waals surface area contributed by atoms with Gasteiger partial charge in [-0.25, -0.2) is 4.39 Å². The van der Waals surface area contributed by atoms with Gasteiger partial charge in [0.1, 0.15) is 5.82 Å². The van der Waals surface area contributed by atoms with Crippen molar-refractivity contribution in [3.8, 4) is 0 Å². The second-order valence-electron chi connectivity index (χ2n) is 4.73. The van der Waals surface area contributed by atoms with Gasteiger partial charge >= 0.3 is 0 Å². The molecule has 0 radical (unpaired) electrons. The van der Waals surface area contributed by atoms with Crippen molar-refractivity contribution in [1.82, 2.24) is 0 Å². The molecule has 1 N–H and O–H groups in total. The van der Waals surface area contributed by atoms with Gasteiger partial charge in [-0.3, -0.25) is 0 Å². The lowest BCUT2D eigenvalue weighted by molar-refractivity contribution is 0.199. The van der Waals surface area contributed by atoms with E-state index in [0.29, 0.717) is 10.8 Å². The Kier molecular flexibility index (Phi) is 4.51. The normalized spacial score (nSPS) is 22.0. The minimum Gasteiger partial charge on any atom is -0.389 e. The first-order chi connectivity index (χ1) is 8.61. The van der Waals surface area contributed by atoms with Crippen LogP contribution in [0.2, 0.25) is 0 Å². The maximum atomic E-state index is 13.3. The van der Waals surface area contributed by atoms with Crippen molar-refractivity contribution in [3.05, 3.63) is 29.6 Å². The Hall–Kier alpha value is -0.740. The molecule has 0 amide bonds. The lowest BCUT2D eigenvalue weighted by Crippen LogP contribution is -2.38. The summed E-state index contributed by atoms with van der Waals surface area (Å²) >= 11 is 2.00. The molecule has 2 nitrogen and oxygen atoms in total. The topological polar surface area (TPSA) is 23.5 Å². The second-order valence-corrected chi connectivity index (χ2v) is 6.13. The van der Waals surface area contributed by atoms with Crippen molar-refractivity contribution in [2.45, 2.75) is 31.6 Å². The number of nitrogens with zero attached hydrogens (tertiary/aromatic N) is 1. The van der Waals surface area contributed by atoms with Crippen LogP contribution in [0.15, 0.2) is 18.2 Å². The van der Waals surface area contributed by atoms with E-state index in [-0.39, 0.29) is 5.82 Å². The van der Waals surface area contributed by atoms with Crippen LogP contribution >= 0.6 is 11.8 Å². The van der Waals surface area contributed by atoms with Crippen LogP contribution in [-0.2, 0) is 0 Å². The van der Waals surface area contributed by atoms with Gasteiger partial charge in [0.25, 0.3) is 0 Å². The van der Waals surface area contributed by atoms with Crippen LogP contribution in [-0.4, -0.2) is 29.2 Å². The predicted octanol–water partition coefficient (Wildman–Crippen LogP) is 3.21. The molecule has 2 rings (SSSR count). The van der Waals surface area contributed by atoms with E-state index in [0.717, 1.165) is 31.0 Å². The standard InChI is InChI=1S/C14H20FNOS/c1-3-12-9-16(6-7-18-12)14-5-4-11(15)8-13(14)10(2)17/h4-5,8,10,12,17H,3,6-7,9H2,1-2H3. The first-order valence-corrected chi connectivity index (χ1v) is 7.50. The molecule has 2 atom stereocenters. The van der Waals surface area contributed by atoms with E-state index < -0.39 is 6.10 Å². The molecule has 1 aromatic rings. The average Bonchev–Trinajstić information content (AvgIpc) is 2.38. The SMILES string of the molecule is CCC1CN(c2ccc(F)cc2C(C)O)CCS1. The molecule has 1 fully saturated rings. The fourth-order valence-corrected chi connectivity index (χ4v) is 3.51. The Morgan fingerprint density at radius 1 is 1.56 bits per heavy atom. The fourth-order valence-electron chi connectivity index (χ4n) is 2.33. The average molecular weight is 269 g/mol. The molecule has 1 heterocycles. The third-order valence-electron chi connectivity index (χ3n) is 3.37. The van der Waals surface area contributed by atoms with E-state index in [9.17, 15) is 9.50 Å². The van der Waals surface area contributed by atoms with Gasteiger partial charge in [-0.15, -0.1) is 0 Å². The van der Waals surface area contributed by atoms with Gasteiger partial charge < -0.3 is 10.0 Å². The molecule has 1 saturated heterocycles. The number of hydrogen-bond donors (Lipinski definition) is 1. The van der Waals surface area contributed by atoms with Crippen LogP contribution in [0.3, 0.4) is 0 Å². The molecule has 0 spiro atoms. The highest BCUT2D eigenvalue weighted by Crippen LogP contribution is 2.31. The van der Waals surface area contributed by atoms with Gasteiger partial charge in [0.2, 0.25) is 0 Å². The summed E-state index contributed by atoms with van der Waals surface area (Å²) in [4.78, 5) is 2.27. The second kappa shape index (κ2) is 5.93. The number of rotatable bonds is 3. The maximum Gasteiger partial charge on any atom is 0.123 e. The van der Waals surface area contributed by atoms with Crippen molar-refractivity contribution in [2.24, 2.45) is 0 Å². The van der Waals surface area contributed by atoms with Crippen molar-refractivity contribution in [1.29, 1.82) is 0 Å². The molecule has 4 heteroatoms. The zero-order valence-corrected chi connectivity index (χ0v) is 11.7. The Morgan fingerprint density at radius 3 is 3.00 bits per heavy atom. The largest absolute Gasteiger partial charge is 0.389 e. The predicted molar refractivity (Wildman–Crippen MR) is 75.8 cm³/mol. The summed E-state index contributed by atoms with van der Waals surface area (Å²) in [6, 6.07) is 4.71. The molecule has 18 heavy (non-hydrogen) atoms. The van der Waals surface area contributed by atoms with Crippen LogP contribution in [0.25, 0.3) is 0 Å². The smallest absolute Gasteiger partial charge is 0.123 e. The fraction of sp³-hybridized carbons (Fsp3) is 0.571. The molecule has 1 aliphatic heterocycles. The van der Waals surface area contributed by atoms with Crippen LogP contribution in [0, 0.1) is 5.82 Å². The van der Waals surface area contributed by atoms with Crippen LogP contribution in [0.5, 0.6) is 0 Å². The Balaban J connectivity index is 2.26. The van der Waals surface area contributed by atoms with Crippen molar-refractivity contribution in [2.75, 3.05) is 23.7 Å². The Labute approximate surface area is 112 Å². The van der Waals surface area contributed by atoms with Crippen molar-refractivity contribution >= 4 is 17.4 Å². The first-order valence-electron chi connectivity index (χ1n) is 6.46. The van der Waals surface area contributed by atoms with Crippen LogP contribution in [0.1, 0.15) is 31.9 Å². The minimum atomic E-state index is -0.634. The van der Waals surface area contributed by atoms with Gasteiger partial charge in [-0.05, 0) is 31.5 Å². The number of aliphatic hydroxyl groups excluding tert-OH is 1. The summed E-state index contributed by atoms with van der Waals surface area (Å²) in [5.74, 6) is 0.808. The minimum absolute atomic E-state index is 0.284. The summed E-state index contributed by atoms with van der Waals surface area (Å²) in [7, 11) is 0. The van der Waals surface area contributed by atoms with Gasteiger partial charge in [0.15, 0.2) is 0 Å². The van der Waals surface area contributed by atoms with E-state index in [2.05, 4.69) is 11.8 Å². The summed E-state index contributed by atoms with van der Waals surface area (Å²) < 4.78 is 13.3. The van der Waals surface area contributed by atoms with Crippen molar-refractivity contribution < 1.29 is 9.50 Å². The third kappa shape index (κ3) is 2.98. The molecular formula is C14H20FNOS. The quantitative estimate of drug-likeness (QED) is 0.911. The zero-order chi connectivity index (χ0) is 13.1. The molecule has 0 aromatic heterocycles. The van der Waals surface area contributed by atoms with E-state index in [4.69, 9.17) is 0 Å². The van der Waals surface area contributed by atoms with E-state index in [1.807, 2.05) is 11.8 Å². The maximum absolute atomic E-state index is 13.3. The van der Waals surface area contributed by atoms with Gasteiger partial charge in [0.05, 0.1) is 6.10 Å². The summed E-state index contributed by atoms with van der Waals surface area (Å²) in [5.41, 5.74) is 1.67. The Morgan fingerprint density at radius 2 is 2.33 bits per heavy atom. The molecule has 100 valence electrons. The number of hydrogen-bond acceptors (Lipinski definition) is 3. The van der Waals surface area contributed by atoms with Crippen molar-refractivity contribution in [3.63, 3.8) is 0 Å². The zero-order valence-electron chi connectivity index (χ0n) is 10.9. The summed E-state index contributed by atoms with van der Waals surface area (Å²) in [6.07, 6.45) is 0.511. The molecular weight excluding hydrogens is 249 g/mol. The highest BCUT2D eigenvalue weighted by molar-refractivity contribution is 8.00. The molecule has 0 saturated carbocycles. The molecule has 2 unspecified atom stereocenters. The Bertz CT molecular complexity index is 411. The summed E-state index contributed by atoms with van der Waals surface area (Å²) in [6.45, 7) is 5.83. The molecule has 0 bridgehead atoms. The number of aliphatic hydroxyl groups is 1. The highest BCUT2D eigenvalue weighted by atomic mass is 32.2. The number of benzene rings is 1. The lowest BCUT2D eigenvalue weighted by Gasteiger charge is -2.35. The molecule has 1 aliphatic rings. The van der Waals surface area contributed by atoms with Gasteiger partial charge in [-0.2, -0.15) is 11.8 Å². The van der Waals surface area contributed by atoms with E-state index in [1.165, 1.54) is 12.1 Å². The lowest BCUT2D eigenvalue weighted by atomic mass is 10.1. The molecule has 1 aromatic carbocycles. The number of anilines is 1. The third-order valence-corrected chi connectivity index (χ3v) is 4.75. The van der Waals surface area contributed by atoms with Gasteiger partial charge in [0, 0.05) is 35.3 Å². The van der Waals surface area contributed by atoms with Crippen LogP contribution in [0.4, 0.5) is 10.1 Å². The van der Waals surface area contributed by atoms with E-state index >= 15 is 0 Å². The summed E-state index contributed by atoms with van der Waals surface area (Å²) in [5, 5.41) is 10.4. The monoisotopic (exact) mass is 269 g/mol. The van der Waals surface area contributed by atoms with E-state index in [1.54, 1.807) is 13.0 Å². The highest BCUT2D eigenvalue weighted by Gasteiger charge is 2.22.